The van der Waals surface area contributed by atoms with Crippen LogP contribution in [0.5, 0.6) is 5.75 Å². The highest BCUT2D eigenvalue weighted by Gasteiger charge is 2.22. The summed E-state index contributed by atoms with van der Waals surface area (Å²) in [5.74, 6) is 1.75. The van der Waals surface area contributed by atoms with E-state index in [2.05, 4.69) is 36.9 Å². The number of benzene rings is 1. The maximum absolute atomic E-state index is 5.85. The molecule has 1 aromatic rings. The van der Waals surface area contributed by atoms with Crippen LogP contribution in [0.4, 0.5) is 0 Å². The fourth-order valence-electron chi connectivity index (χ4n) is 3.21. The molecule has 22 heavy (non-hydrogen) atoms. The SMILES string of the molecule is CCOc1cc(C)ccc1C1CCN(CCCCN)CC1.Cl. The van der Waals surface area contributed by atoms with Crippen LogP contribution in [0.25, 0.3) is 0 Å². The van der Waals surface area contributed by atoms with Crippen molar-refractivity contribution < 1.29 is 4.74 Å². The molecule has 0 spiro atoms. The Morgan fingerprint density at radius 1 is 1.23 bits per heavy atom. The molecule has 4 heteroatoms. The van der Waals surface area contributed by atoms with Crippen LogP contribution in [0.1, 0.15) is 49.7 Å². The first-order chi connectivity index (χ1) is 10.2. The zero-order chi connectivity index (χ0) is 15.1. The average Bonchev–Trinajstić information content (AvgIpc) is 2.49. The van der Waals surface area contributed by atoms with E-state index in [4.69, 9.17) is 10.5 Å². The summed E-state index contributed by atoms with van der Waals surface area (Å²) < 4.78 is 5.85. The molecule has 0 bridgehead atoms. The Bertz CT molecular complexity index is 431. The third kappa shape index (κ3) is 5.45. The molecule has 0 radical (unpaired) electrons. The summed E-state index contributed by atoms with van der Waals surface area (Å²) in [6, 6.07) is 6.67. The number of nitrogens with zero attached hydrogens (tertiary/aromatic N) is 1. The molecular weight excluding hydrogens is 296 g/mol. The van der Waals surface area contributed by atoms with Gasteiger partial charge in [0.2, 0.25) is 0 Å². The molecule has 2 N–H and O–H groups in total. The van der Waals surface area contributed by atoms with E-state index in [-0.39, 0.29) is 12.4 Å². The Morgan fingerprint density at radius 2 is 1.95 bits per heavy atom. The second kappa shape index (κ2) is 10.1. The van der Waals surface area contributed by atoms with Crippen molar-refractivity contribution in [2.24, 2.45) is 5.73 Å². The first-order valence-corrected chi connectivity index (χ1v) is 8.40. The fraction of sp³-hybridized carbons (Fsp3) is 0.667. The minimum absolute atomic E-state index is 0. The van der Waals surface area contributed by atoms with Gasteiger partial charge in [-0.1, -0.05) is 12.1 Å². The smallest absolute Gasteiger partial charge is 0.123 e. The van der Waals surface area contributed by atoms with Crippen LogP contribution in [-0.2, 0) is 0 Å². The standard InChI is InChI=1S/C18H30N2O.ClH/c1-3-21-18-14-15(2)6-7-17(18)16-8-12-20(13-9-16)11-5-4-10-19;/h6-7,14,16H,3-5,8-13,19H2,1-2H3;1H. The van der Waals surface area contributed by atoms with Gasteiger partial charge in [0.25, 0.3) is 0 Å². The summed E-state index contributed by atoms with van der Waals surface area (Å²) in [6.07, 6.45) is 4.86. The van der Waals surface area contributed by atoms with E-state index in [1.807, 2.05) is 0 Å². The van der Waals surface area contributed by atoms with Crippen molar-refractivity contribution in [3.63, 3.8) is 0 Å². The number of hydrogen-bond donors (Lipinski definition) is 1. The van der Waals surface area contributed by atoms with Crippen LogP contribution in [0.2, 0.25) is 0 Å². The highest BCUT2D eigenvalue weighted by Crippen LogP contribution is 2.35. The largest absolute Gasteiger partial charge is 0.494 e. The molecule has 0 aromatic heterocycles. The Morgan fingerprint density at radius 3 is 2.59 bits per heavy atom. The monoisotopic (exact) mass is 326 g/mol. The van der Waals surface area contributed by atoms with Crippen LogP contribution in [0, 0.1) is 6.92 Å². The molecule has 1 aromatic carbocycles. The zero-order valence-corrected chi connectivity index (χ0v) is 14.8. The van der Waals surface area contributed by atoms with Gasteiger partial charge in [0.05, 0.1) is 6.61 Å². The minimum Gasteiger partial charge on any atom is -0.494 e. The summed E-state index contributed by atoms with van der Waals surface area (Å²) in [5.41, 5.74) is 8.25. The van der Waals surface area contributed by atoms with Crippen molar-refractivity contribution >= 4 is 12.4 Å². The second-order valence-electron chi connectivity index (χ2n) is 6.09. The Labute approximate surface area is 141 Å². The van der Waals surface area contributed by atoms with Crippen molar-refractivity contribution in [2.45, 2.75) is 45.4 Å². The molecule has 0 amide bonds. The highest BCUT2D eigenvalue weighted by atomic mass is 35.5. The normalized spacial score (nSPS) is 16.3. The summed E-state index contributed by atoms with van der Waals surface area (Å²) in [5, 5.41) is 0. The third-order valence-electron chi connectivity index (χ3n) is 4.42. The molecule has 1 fully saturated rings. The number of unbranched alkanes of at least 4 members (excludes halogenated alkanes) is 1. The van der Waals surface area contributed by atoms with Crippen molar-refractivity contribution in [1.82, 2.24) is 4.90 Å². The van der Waals surface area contributed by atoms with E-state index in [0.29, 0.717) is 5.92 Å². The lowest BCUT2D eigenvalue weighted by Crippen LogP contribution is -2.34. The summed E-state index contributed by atoms with van der Waals surface area (Å²) in [6.45, 7) is 9.37. The molecule has 0 unspecified atom stereocenters. The van der Waals surface area contributed by atoms with E-state index in [1.165, 1.54) is 50.0 Å². The molecule has 126 valence electrons. The van der Waals surface area contributed by atoms with E-state index in [0.717, 1.165) is 25.3 Å². The molecule has 3 nitrogen and oxygen atoms in total. The van der Waals surface area contributed by atoms with Crippen molar-refractivity contribution in [3.8, 4) is 5.75 Å². The molecule has 1 aliphatic rings. The maximum Gasteiger partial charge on any atom is 0.123 e. The van der Waals surface area contributed by atoms with Gasteiger partial charge in [-0.05, 0) is 88.8 Å². The van der Waals surface area contributed by atoms with E-state index >= 15 is 0 Å². The van der Waals surface area contributed by atoms with Gasteiger partial charge in [-0.2, -0.15) is 0 Å². The Hall–Kier alpha value is -0.770. The zero-order valence-electron chi connectivity index (χ0n) is 14.0. The van der Waals surface area contributed by atoms with Crippen LogP contribution >= 0.6 is 12.4 Å². The van der Waals surface area contributed by atoms with Gasteiger partial charge >= 0.3 is 0 Å². The van der Waals surface area contributed by atoms with Crippen LogP contribution < -0.4 is 10.5 Å². The summed E-state index contributed by atoms with van der Waals surface area (Å²) in [4.78, 5) is 2.58. The van der Waals surface area contributed by atoms with Crippen molar-refractivity contribution in [2.75, 3.05) is 32.8 Å². The maximum atomic E-state index is 5.85. The number of nitrogens with two attached hydrogens (primary N) is 1. The fourth-order valence-corrected chi connectivity index (χ4v) is 3.21. The number of hydrogen-bond acceptors (Lipinski definition) is 3. The second-order valence-corrected chi connectivity index (χ2v) is 6.09. The van der Waals surface area contributed by atoms with Gasteiger partial charge in [0.1, 0.15) is 5.75 Å². The predicted molar refractivity (Wildman–Crippen MR) is 96.3 cm³/mol. The molecule has 1 heterocycles. The summed E-state index contributed by atoms with van der Waals surface area (Å²) >= 11 is 0. The number of halogens is 1. The van der Waals surface area contributed by atoms with Gasteiger partial charge < -0.3 is 15.4 Å². The predicted octanol–water partition coefficient (Wildman–Crippen LogP) is 3.73. The lowest BCUT2D eigenvalue weighted by molar-refractivity contribution is 0.207. The number of piperidine rings is 1. The number of likely N-dealkylation sites (tertiary alicyclic amines) is 1. The first-order valence-electron chi connectivity index (χ1n) is 8.40. The van der Waals surface area contributed by atoms with Gasteiger partial charge in [0, 0.05) is 0 Å². The average molecular weight is 327 g/mol. The molecule has 1 aliphatic heterocycles. The molecular formula is C18H31ClN2O. The quantitative estimate of drug-likeness (QED) is 0.776. The van der Waals surface area contributed by atoms with E-state index < -0.39 is 0 Å². The molecule has 1 saturated heterocycles. The molecule has 0 atom stereocenters. The Kier molecular flexibility index (Phi) is 8.84. The molecule has 2 rings (SSSR count). The van der Waals surface area contributed by atoms with Crippen molar-refractivity contribution in [3.05, 3.63) is 29.3 Å². The first kappa shape index (κ1) is 19.3. The number of rotatable bonds is 7. The van der Waals surface area contributed by atoms with Gasteiger partial charge in [-0.3, -0.25) is 0 Å². The van der Waals surface area contributed by atoms with Crippen LogP contribution in [-0.4, -0.2) is 37.7 Å². The summed E-state index contributed by atoms with van der Waals surface area (Å²) in [7, 11) is 0. The van der Waals surface area contributed by atoms with Gasteiger partial charge in [-0.25, -0.2) is 0 Å². The number of aryl methyl sites for hydroxylation is 1. The lowest BCUT2D eigenvalue weighted by Gasteiger charge is -2.32. The van der Waals surface area contributed by atoms with Crippen molar-refractivity contribution in [1.29, 1.82) is 0 Å². The van der Waals surface area contributed by atoms with Gasteiger partial charge in [0.15, 0.2) is 0 Å². The molecule has 0 aliphatic carbocycles. The van der Waals surface area contributed by atoms with E-state index in [1.54, 1.807) is 0 Å². The minimum atomic E-state index is 0. The third-order valence-corrected chi connectivity index (χ3v) is 4.42. The van der Waals surface area contributed by atoms with Crippen LogP contribution in [0.15, 0.2) is 18.2 Å². The topological polar surface area (TPSA) is 38.5 Å². The lowest BCUT2D eigenvalue weighted by atomic mass is 9.88. The van der Waals surface area contributed by atoms with E-state index in [9.17, 15) is 0 Å². The molecule has 0 saturated carbocycles. The highest BCUT2D eigenvalue weighted by molar-refractivity contribution is 5.85. The Balaban J connectivity index is 0.00000242. The van der Waals surface area contributed by atoms with Gasteiger partial charge in [-0.15, -0.1) is 12.4 Å². The number of ether oxygens (including phenoxy) is 1. The van der Waals surface area contributed by atoms with Crippen LogP contribution in [0.3, 0.4) is 0 Å².